The molecule has 0 aliphatic carbocycles. The lowest BCUT2D eigenvalue weighted by Crippen LogP contribution is -2.24. The SMILES string of the molecule is CC(C)c1c(C(=O)NCc2ccc(F)c(F)c2)c2ccc(N3CCCC3=O)cc2n1Cc1ccccc1. The molecule has 1 aliphatic rings. The van der Waals surface area contributed by atoms with Gasteiger partial charge in [0.25, 0.3) is 5.91 Å². The molecule has 0 bridgehead atoms. The zero-order chi connectivity index (χ0) is 26.1. The lowest BCUT2D eigenvalue weighted by molar-refractivity contribution is -0.117. The average Bonchev–Trinajstić information content (AvgIpc) is 3.46. The first-order chi connectivity index (χ1) is 17.8. The highest BCUT2D eigenvalue weighted by Gasteiger charge is 2.27. The lowest BCUT2D eigenvalue weighted by Gasteiger charge is -2.17. The molecular formula is C30H29F2N3O2. The minimum Gasteiger partial charge on any atom is -0.348 e. The molecule has 2 amide bonds. The Bertz CT molecular complexity index is 1480. The summed E-state index contributed by atoms with van der Waals surface area (Å²) in [4.78, 5) is 27.9. The van der Waals surface area contributed by atoms with E-state index < -0.39 is 11.6 Å². The maximum atomic E-state index is 13.7. The second kappa shape index (κ2) is 10.2. The van der Waals surface area contributed by atoms with Crippen LogP contribution in [0.5, 0.6) is 0 Å². The number of carbonyl (C=O) groups excluding carboxylic acids is 2. The van der Waals surface area contributed by atoms with Gasteiger partial charge < -0.3 is 14.8 Å². The average molecular weight is 502 g/mol. The molecule has 1 N–H and O–H groups in total. The summed E-state index contributed by atoms with van der Waals surface area (Å²) in [5, 5.41) is 3.69. The van der Waals surface area contributed by atoms with Crippen molar-refractivity contribution in [2.45, 2.75) is 45.7 Å². The van der Waals surface area contributed by atoms with Crippen molar-refractivity contribution in [3.05, 3.63) is 101 Å². The molecule has 1 saturated heterocycles. The number of benzene rings is 3. The summed E-state index contributed by atoms with van der Waals surface area (Å²) < 4.78 is 29.2. The predicted molar refractivity (Wildman–Crippen MR) is 141 cm³/mol. The van der Waals surface area contributed by atoms with E-state index in [1.165, 1.54) is 6.07 Å². The van der Waals surface area contributed by atoms with Crippen molar-refractivity contribution >= 4 is 28.4 Å². The van der Waals surface area contributed by atoms with Gasteiger partial charge in [0.15, 0.2) is 11.6 Å². The molecule has 1 aliphatic heterocycles. The first-order valence-corrected chi connectivity index (χ1v) is 12.6. The minimum atomic E-state index is -0.946. The van der Waals surface area contributed by atoms with E-state index in [9.17, 15) is 18.4 Å². The van der Waals surface area contributed by atoms with E-state index in [1.54, 1.807) is 4.90 Å². The highest BCUT2D eigenvalue weighted by molar-refractivity contribution is 6.10. The Morgan fingerprint density at radius 2 is 1.76 bits per heavy atom. The van der Waals surface area contributed by atoms with Gasteiger partial charge in [-0.2, -0.15) is 0 Å². The molecule has 0 atom stereocenters. The maximum absolute atomic E-state index is 13.7. The van der Waals surface area contributed by atoms with Gasteiger partial charge in [-0.15, -0.1) is 0 Å². The Kier molecular flexibility index (Phi) is 6.78. The number of carbonyl (C=O) groups is 2. The monoisotopic (exact) mass is 501 g/mol. The van der Waals surface area contributed by atoms with Gasteiger partial charge in [-0.1, -0.05) is 50.2 Å². The van der Waals surface area contributed by atoms with E-state index in [-0.39, 0.29) is 24.3 Å². The molecule has 5 rings (SSSR count). The third kappa shape index (κ3) is 4.86. The Labute approximate surface area is 214 Å². The van der Waals surface area contributed by atoms with Crippen LogP contribution >= 0.6 is 0 Å². The van der Waals surface area contributed by atoms with Crippen molar-refractivity contribution in [3.8, 4) is 0 Å². The Hall–Kier alpha value is -4.00. The molecule has 0 unspecified atom stereocenters. The Morgan fingerprint density at radius 1 is 0.973 bits per heavy atom. The summed E-state index contributed by atoms with van der Waals surface area (Å²) in [6.07, 6.45) is 1.37. The fraction of sp³-hybridized carbons (Fsp3) is 0.267. The van der Waals surface area contributed by atoms with Gasteiger partial charge in [-0.25, -0.2) is 8.78 Å². The molecule has 1 fully saturated rings. The topological polar surface area (TPSA) is 54.3 Å². The van der Waals surface area contributed by atoms with Gasteiger partial charge in [-0.05, 0) is 53.8 Å². The number of aromatic nitrogens is 1. The molecule has 0 radical (unpaired) electrons. The van der Waals surface area contributed by atoms with Crippen molar-refractivity contribution in [2.75, 3.05) is 11.4 Å². The van der Waals surface area contributed by atoms with Crippen LogP contribution in [0.3, 0.4) is 0 Å². The Morgan fingerprint density at radius 3 is 2.43 bits per heavy atom. The summed E-state index contributed by atoms with van der Waals surface area (Å²) in [5.74, 6) is -2.02. The van der Waals surface area contributed by atoms with E-state index in [0.29, 0.717) is 30.6 Å². The van der Waals surface area contributed by atoms with E-state index in [0.717, 1.165) is 46.4 Å². The number of hydrogen-bond donors (Lipinski definition) is 1. The van der Waals surface area contributed by atoms with E-state index >= 15 is 0 Å². The van der Waals surface area contributed by atoms with Gasteiger partial charge in [0.2, 0.25) is 5.91 Å². The molecular weight excluding hydrogens is 472 g/mol. The van der Waals surface area contributed by atoms with Crippen LogP contribution in [0.1, 0.15) is 59.8 Å². The largest absolute Gasteiger partial charge is 0.348 e. The van der Waals surface area contributed by atoms with Gasteiger partial charge in [0.05, 0.1) is 11.1 Å². The fourth-order valence-electron chi connectivity index (χ4n) is 5.14. The lowest BCUT2D eigenvalue weighted by atomic mass is 10.0. The quantitative estimate of drug-likeness (QED) is 0.330. The van der Waals surface area contributed by atoms with E-state index in [1.807, 2.05) is 62.4 Å². The van der Waals surface area contributed by atoms with Crippen molar-refractivity contribution < 1.29 is 18.4 Å². The number of hydrogen-bond acceptors (Lipinski definition) is 2. The maximum Gasteiger partial charge on any atom is 0.254 e. The van der Waals surface area contributed by atoms with Crippen LogP contribution in [0.4, 0.5) is 14.5 Å². The molecule has 1 aromatic heterocycles. The van der Waals surface area contributed by atoms with Crippen LogP contribution in [0.2, 0.25) is 0 Å². The van der Waals surface area contributed by atoms with Crippen LogP contribution in [0.25, 0.3) is 10.9 Å². The third-order valence-corrected chi connectivity index (χ3v) is 6.87. The number of nitrogens with zero attached hydrogens (tertiary/aromatic N) is 2. The summed E-state index contributed by atoms with van der Waals surface area (Å²) >= 11 is 0. The molecule has 0 saturated carbocycles. The van der Waals surface area contributed by atoms with Crippen molar-refractivity contribution in [3.63, 3.8) is 0 Å². The molecule has 0 spiro atoms. The number of anilines is 1. The molecule has 190 valence electrons. The third-order valence-electron chi connectivity index (χ3n) is 6.87. The first kappa shape index (κ1) is 24.7. The van der Waals surface area contributed by atoms with E-state index in [2.05, 4.69) is 9.88 Å². The van der Waals surface area contributed by atoms with Crippen molar-refractivity contribution in [1.82, 2.24) is 9.88 Å². The number of amides is 2. The number of nitrogens with one attached hydrogen (secondary N) is 1. The number of fused-ring (bicyclic) bond motifs is 1. The fourth-order valence-corrected chi connectivity index (χ4v) is 5.14. The highest BCUT2D eigenvalue weighted by atomic mass is 19.2. The summed E-state index contributed by atoms with van der Waals surface area (Å²) in [6, 6.07) is 19.5. The Balaban J connectivity index is 1.59. The molecule has 4 aromatic rings. The molecule has 5 nitrogen and oxygen atoms in total. The first-order valence-electron chi connectivity index (χ1n) is 12.6. The summed E-state index contributed by atoms with van der Waals surface area (Å²) in [7, 11) is 0. The minimum absolute atomic E-state index is 0.0250. The van der Waals surface area contributed by atoms with Gasteiger partial charge in [0.1, 0.15) is 0 Å². The van der Waals surface area contributed by atoms with Crippen LogP contribution in [-0.4, -0.2) is 22.9 Å². The second-order valence-corrected chi connectivity index (χ2v) is 9.77. The van der Waals surface area contributed by atoms with Gasteiger partial charge in [0, 0.05) is 42.8 Å². The van der Waals surface area contributed by atoms with Crippen LogP contribution in [0.15, 0.2) is 66.7 Å². The van der Waals surface area contributed by atoms with Crippen molar-refractivity contribution in [2.24, 2.45) is 0 Å². The molecule has 37 heavy (non-hydrogen) atoms. The smallest absolute Gasteiger partial charge is 0.254 e. The zero-order valence-corrected chi connectivity index (χ0v) is 20.9. The van der Waals surface area contributed by atoms with E-state index in [4.69, 9.17) is 0 Å². The van der Waals surface area contributed by atoms with Gasteiger partial charge >= 0.3 is 0 Å². The summed E-state index contributed by atoms with van der Waals surface area (Å²) in [6.45, 7) is 5.42. The van der Waals surface area contributed by atoms with Crippen LogP contribution in [0, 0.1) is 11.6 Å². The zero-order valence-electron chi connectivity index (χ0n) is 20.9. The van der Waals surface area contributed by atoms with Gasteiger partial charge in [-0.3, -0.25) is 9.59 Å². The summed E-state index contributed by atoms with van der Waals surface area (Å²) in [5.41, 5.74) is 4.71. The number of halogens is 2. The molecule has 2 heterocycles. The van der Waals surface area contributed by atoms with Crippen LogP contribution in [-0.2, 0) is 17.9 Å². The highest BCUT2D eigenvalue weighted by Crippen LogP contribution is 2.35. The molecule has 7 heteroatoms. The molecule has 3 aromatic carbocycles. The standard InChI is InChI=1S/C30H29F2N3O2/c1-19(2)29-28(30(37)33-17-21-10-13-24(31)25(32)15-21)23-12-11-22(34-14-6-9-27(34)36)16-26(23)35(29)18-20-7-4-3-5-8-20/h3-5,7-8,10-13,15-16,19H,6,9,14,17-18H2,1-2H3,(H,33,37). The van der Waals surface area contributed by atoms with Crippen LogP contribution < -0.4 is 10.2 Å². The second-order valence-electron chi connectivity index (χ2n) is 9.77. The number of rotatable bonds is 7. The normalized spacial score (nSPS) is 13.6. The van der Waals surface area contributed by atoms with Crippen molar-refractivity contribution in [1.29, 1.82) is 0 Å². The predicted octanol–water partition coefficient (Wildman–Crippen LogP) is 6.15.